The highest BCUT2D eigenvalue weighted by Crippen LogP contribution is 2.33. The van der Waals surface area contributed by atoms with Gasteiger partial charge in [0.1, 0.15) is 23.8 Å². The predicted octanol–water partition coefficient (Wildman–Crippen LogP) is 5.98. The quantitative estimate of drug-likeness (QED) is 0.209. The summed E-state index contributed by atoms with van der Waals surface area (Å²) in [6.45, 7) is 12.6. The smallest absolute Gasteiger partial charge is 0.192 e. The van der Waals surface area contributed by atoms with E-state index in [1.165, 1.54) is 17.7 Å². The van der Waals surface area contributed by atoms with Crippen LogP contribution in [0.15, 0.2) is 67.8 Å². The summed E-state index contributed by atoms with van der Waals surface area (Å²) in [5.41, 5.74) is 4.63. The maximum Gasteiger partial charge on any atom is 0.192 e. The SMILES string of the molecule is C=C/C=C(/OCc1nnc2ccc(-c3ccc(C(=C)N4CCCC4)s3)nn12)c1ccc(OC)cc1C. The second kappa shape index (κ2) is 10.4. The van der Waals surface area contributed by atoms with Crippen molar-refractivity contribution in [3.05, 3.63) is 89.6 Å². The zero-order valence-corrected chi connectivity index (χ0v) is 21.4. The number of benzene rings is 1. The summed E-state index contributed by atoms with van der Waals surface area (Å²) in [6, 6.07) is 14.0. The predicted molar refractivity (Wildman–Crippen MR) is 145 cm³/mol. The average Bonchev–Trinajstić information content (AvgIpc) is 3.67. The summed E-state index contributed by atoms with van der Waals surface area (Å²) in [4.78, 5) is 4.62. The van der Waals surface area contributed by atoms with Crippen LogP contribution >= 0.6 is 11.3 Å². The van der Waals surface area contributed by atoms with Gasteiger partial charge in [0.2, 0.25) is 0 Å². The number of ether oxygens (including phenoxy) is 2. The Balaban J connectivity index is 1.37. The van der Waals surface area contributed by atoms with Gasteiger partial charge in [-0.15, -0.1) is 21.5 Å². The van der Waals surface area contributed by atoms with Crippen LogP contribution in [0.5, 0.6) is 5.75 Å². The Labute approximate surface area is 215 Å². The second-order valence-electron chi connectivity index (χ2n) is 8.65. The third-order valence-corrected chi connectivity index (χ3v) is 7.44. The topological polar surface area (TPSA) is 64.8 Å². The fourth-order valence-electron chi connectivity index (χ4n) is 4.33. The van der Waals surface area contributed by atoms with Crippen LogP contribution in [-0.4, -0.2) is 44.9 Å². The summed E-state index contributed by atoms with van der Waals surface area (Å²) < 4.78 is 13.3. The molecule has 8 heteroatoms. The highest BCUT2D eigenvalue weighted by atomic mass is 32.1. The largest absolute Gasteiger partial charge is 0.497 e. The molecule has 1 saturated heterocycles. The average molecular weight is 500 g/mol. The summed E-state index contributed by atoms with van der Waals surface area (Å²) in [5.74, 6) is 2.11. The Bertz CT molecular complexity index is 1450. The van der Waals surface area contributed by atoms with E-state index >= 15 is 0 Å². The van der Waals surface area contributed by atoms with Crippen LogP contribution in [0.2, 0.25) is 0 Å². The number of methoxy groups -OCH3 is 1. The lowest BCUT2D eigenvalue weighted by Crippen LogP contribution is -2.15. The van der Waals surface area contributed by atoms with Crippen molar-refractivity contribution >= 4 is 28.4 Å². The molecule has 184 valence electrons. The molecule has 0 unspecified atom stereocenters. The lowest BCUT2D eigenvalue weighted by molar-refractivity contribution is 0.252. The van der Waals surface area contributed by atoms with Crippen LogP contribution in [-0.2, 0) is 11.3 Å². The van der Waals surface area contributed by atoms with E-state index in [9.17, 15) is 0 Å². The lowest BCUT2D eigenvalue weighted by Gasteiger charge is -2.18. The van der Waals surface area contributed by atoms with Crippen LogP contribution in [0.3, 0.4) is 0 Å². The van der Waals surface area contributed by atoms with Crippen molar-refractivity contribution < 1.29 is 9.47 Å². The van der Waals surface area contributed by atoms with E-state index in [0.29, 0.717) is 17.2 Å². The number of likely N-dealkylation sites (tertiary alicyclic amines) is 1. The van der Waals surface area contributed by atoms with Crippen molar-refractivity contribution in [2.75, 3.05) is 20.2 Å². The van der Waals surface area contributed by atoms with E-state index < -0.39 is 0 Å². The zero-order chi connectivity index (χ0) is 25.1. The molecule has 5 rings (SSSR count). The van der Waals surface area contributed by atoms with Gasteiger partial charge < -0.3 is 14.4 Å². The Morgan fingerprint density at radius 3 is 2.69 bits per heavy atom. The number of hydrogen-bond acceptors (Lipinski definition) is 7. The van der Waals surface area contributed by atoms with Crippen LogP contribution in [0.4, 0.5) is 0 Å². The molecule has 36 heavy (non-hydrogen) atoms. The van der Waals surface area contributed by atoms with Gasteiger partial charge in [-0.1, -0.05) is 19.2 Å². The summed E-state index contributed by atoms with van der Waals surface area (Å²) in [7, 11) is 1.66. The van der Waals surface area contributed by atoms with E-state index in [-0.39, 0.29) is 6.61 Å². The molecule has 3 aromatic heterocycles. The molecule has 0 spiro atoms. The molecule has 1 aromatic carbocycles. The molecule has 4 aromatic rings. The molecule has 1 aliphatic heterocycles. The third-order valence-electron chi connectivity index (χ3n) is 6.28. The standard InChI is InChI=1S/C28H29N5O2S/c1-5-8-24(22-10-9-21(34-4)17-19(22)2)35-18-28-30-29-27-14-11-23(31-33(27)28)26-13-12-25(36-26)20(3)32-15-6-7-16-32/h5,8-14,17H,1,3,6-7,15-16,18H2,2,4H3/b24-8+. The second-order valence-corrected chi connectivity index (χ2v) is 9.73. The molecule has 0 amide bonds. The van der Waals surface area contributed by atoms with Gasteiger partial charge in [0, 0.05) is 24.4 Å². The van der Waals surface area contributed by atoms with Gasteiger partial charge in [-0.05, 0) is 73.9 Å². The fraction of sp³-hybridized carbons (Fsp3) is 0.250. The van der Waals surface area contributed by atoms with Crippen molar-refractivity contribution in [1.29, 1.82) is 0 Å². The van der Waals surface area contributed by atoms with Gasteiger partial charge in [-0.25, -0.2) is 0 Å². The Morgan fingerprint density at radius 1 is 1.11 bits per heavy atom. The first-order valence-corrected chi connectivity index (χ1v) is 12.8. The van der Waals surface area contributed by atoms with E-state index in [4.69, 9.17) is 14.6 Å². The van der Waals surface area contributed by atoms with Crippen LogP contribution in [0, 0.1) is 6.92 Å². The molecule has 7 nitrogen and oxygen atoms in total. The zero-order valence-electron chi connectivity index (χ0n) is 20.6. The van der Waals surface area contributed by atoms with E-state index in [1.807, 2.05) is 43.3 Å². The van der Waals surface area contributed by atoms with Gasteiger partial charge in [0.15, 0.2) is 11.5 Å². The van der Waals surface area contributed by atoms with Gasteiger partial charge in [0.25, 0.3) is 0 Å². The molecule has 1 fully saturated rings. The van der Waals surface area contributed by atoms with Gasteiger partial charge in [0.05, 0.1) is 16.9 Å². The number of allylic oxidation sites excluding steroid dienone is 2. The van der Waals surface area contributed by atoms with Crippen LogP contribution in [0.1, 0.15) is 34.7 Å². The summed E-state index contributed by atoms with van der Waals surface area (Å²) in [5, 5.41) is 13.4. The first-order valence-electron chi connectivity index (χ1n) is 11.9. The highest BCUT2D eigenvalue weighted by Gasteiger charge is 2.17. The van der Waals surface area contributed by atoms with Crippen molar-refractivity contribution in [3.63, 3.8) is 0 Å². The van der Waals surface area contributed by atoms with E-state index in [2.05, 4.69) is 40.4 Å². The number of nitrogens with zero attached hydrogens (tertiary/aromatic N) is 5. The molecule has 4 heterocycles. The minimum Gasteiger partial charge on any atom is -0.497 e. The van der Waals surface area contributed by atoms with Crippen molar-refractivity contribution in [2.45, 2.75) is 26.4 Å². The number of aromatic nitrogens is 4. The Morgan fingerprint density at radius 2 is 1.94 bits per heavy atom. The first kappa shape index (κ1) is 23.8. The molecule has 1 aliphatic rings. The number of thiophene rings is 1. The maximum atomic E-state index is 6.18. The number of fused-ring (bicyclic) bond motifs is 1. The monoisotopic (exact) mass is 499 g/mol. The molecule has 0 saturated carbocycles. The van der Waals surface area contributed by atoms with Crippen molar-refractivity contribution in [3.8, 4) is 16.3 Å². The molecular formula is C28H29N5O2S. The van der Waals surface area contributed by atoms with E-state index in [0.717, 1.165) is 46.2 Å². The first-order chi connectivity index (χ1) is 17.6. The van der Waals surface area contributed by atoms with Crippen molar-refractivity contribution in [2.24, 2.45) is 0 Å². The normalized spacial score (nSPS) is 13.8. The number of hydrogen-bond donors (Lipinski definition) is 0. The van der Waals surface area contributed by atoms with Crippen LogP contribution in [0.25, 0.3) is 27.7 Å². The van der Waals surface area contributed by atoms with E-state index in [1.54, 1.807) is 29.0 Å². The van der Waals surface area contributed by atoms with Gasteiger partial charge in [-0.2, -0.15) is 9.61 Å². The summed E-state index contributed by atoms with van der Waals surface area (Å²) >= 11 is 1.71. The van der Waals surface area contributed by atoms with Crippen LogP contribution < -0.4 is 4.74 Å². The van der Waals surface area contributed by atoms with Gasteiger partial charge >= 0.3 is 0 Å². The summed E-state index contributed by atoms with van der Waals surface area (Å²) in [6.07, 6.45) is 6.02. The number of rotatable bonds is 9. The molecule has 0 radical (unpaired) electrons. The van der Waals surface area contributed by atoms with Crippen molar-refractivity contribution in [1.82, 2.24) is 24.7 Å². The highest BCUT2D eigenvalue weighted by molar-refractivity contribution is 7.16. The molecule has 0 atom stereocenters. The Hall–Kier alpha value is -3.91. The number of aryl methyl sites for hydroxylation is 1. The lowest BCUT2D eigenvalue weighted by atomic mass is 10.1. The molecule has 0 N–H and O–H groups in total. The van der Waals surface area contributed by atoms with Gasteiger partial charge in [-0.3, -0.25) is 0 Å². The minimum absolute atomic E-state index is 0.213. The maximum absolute atomic E-state index is 6.18. The molecule has 0 aliphatic carbocycles. The minimum atomic E-state index is 0.213. The fourth-order valence-corrected chi connectivity index (χ4v) is 5.30. The molecule has 0 bridgehead atoms. The third kappa shape index (κ3) is 4.77. The Kier molecular flexibility index (Phi) is 6.86. The molecular weight excluding hydrogens is 470 g/mol.